The number of aliphatic hydroxyl groups is 1. The summed E-state index contributed by atoms with van der Waals surface area (Å²) in [5, 5.41) is 14.2. The lowest BCUT2D eigenvalue weighted by molar-refractivity contribution is 0.224. The van der Waals surface area contributed by atoms with Crippen LogP contribution in [0.2, 0.25) is 0 Å². The number of nitrogens with two attached hydrogens (primary N) is 1. The zero-order valence-corrected chi connectivity index (χ0v) is 11.9. The summed E-state index contributed by atoms with van der Waals surface area (Å²) in [6, 6.07) is 13.3. The highest BCUT2D eigenvalue weighted by atomic mass is 32.1. The molecule has 3 rings (SSSR count). The molecule has 1 aromatic carbocycles. The van der Waals surface area contributed by atoms with Gasteiger partial charge in [0, 0.05) is 23.6 Å². The number of para-hydroxylation sites is 1. The minimum absolute atomic E-state index is 0.329. The fraction of sp³-hybridized carbons (Fsp3) is 0.0667. The van der Waals surface area contributed by atoms with Gasteiger partial charge in [-0.25, -0.2) is 4.98 Å². The molecule has 0 bridgehead atoms. The molecule has 2 heterocycles. The van der Waals surface area contributed by atoms with E-state index in [4.69, 9.17) is 5.73 Å². The Balaban J connectivity index is 1.85. The third-order valence-electron chi connectivity index (χ3n) is 2.95. The van der Waals surface area contributed by atoms with Crippen LogP contribution < -0.4 is 11.1 Å². The van der Waals surface area contributed by atoms with E-state index in [1.807, 2.05) is 30.3 Å². The molecular formula is C15H14N4OS. The van der Waals surface area contributed by atoms with Crippen LogP contribution >= 0.6 is 11.3 Å². The van der Waals surface area contributed by atoms with Crippen molar-refractivity contribution in [1.29, 1.82) is 0 Å². The predicted octanol–water partition coefficient (Wildman–Crippen LogP) is 2.95. The van der Waals surface area contributed by atoms with Crippen molar-refractivity contribution < 1.29 is 5.11 Å². The zero-order valence-electron chi connectivity index (χ0n) is 11.1. The summed E-state index contributed by atoms with van der Waals surface area (Å²) in [4.78, 5) is 8.87. The quantitative estimate of drug-likeness (QED) is 0.689. The number of thiazole rings is 1. The number of nitrogens with zero attached hydrogens (tertiary/aromatic N) is 2. The first-order valence-electron chi connectivity index (χ1n) is 6.40. The molecule has 1 unspecified atom stereocenters. The van der Waals surface area contributed by atoms with Crippen LogP contribution in [-0.2, 0) is 0 Å². The molecule has 0 aliphatic heterocycles. The number of aliphatic hydroxyl groups excluding tert-OH is 1. The van der Waals surface area contributed by atoms with Crippen molar-refractivity contribution in [1.82, 2.24) is 9.97 Å². The summed E-state index contributed by atoms with van der Waals surface area (Å²) in [6.07, 6.45) is 2.46. The van der Waals surface area contributed by atoms with E-state index in [2.05, 4.69) is 15.3 Å². The van der Waals surface area contributed by atoms with Gasteiger partial charge in [0.1, 0.15) is 11.9 Å². The maximum atomic E-state index is 10.4. The van der Waals surface area contributed by atoms with Crippen molar-refractivity contribution in [2.24, 2.45) is 0 Å². The average Bonchev–Trinajstić information content (AvgIpc) is 2.89. The molecule has 0 radical (unpaired) electrons. The molecule has 106 valence electrons. The summed E-state index contributed by atoms with van der Waals surface area (Å²) in [6.45, 7) is 0. The van der Waals surface area contributed by atoms with E-state index in [9.17, 15) is 5.11 Å². The third-order valence-corrected chi connectivity index (χ3v) is 3.99. The van der Waals surface area contributed by atoms with Gasteiger partial charge in [-0.1, -0.05) is 35.6 Å². The van der Waals surface area contributed by atoms with Gasteiger partial charge in [0.05, 0.1) is 4.88 Å². The lowest BCUT2D eigenvalue weighted by atomic mass is 10.1. The molecule has 21 heavy (non-hydrogen) atoms. The van der Waals surface area contributed by atoms with Crippen molar-refractivity contribution in [3.05, 3.63) is 65.3 Å². The summed E-state index contributed by atoms with van der Waals surface area (Å²) in [7, 11) is 0. The van der Waals surface area contributed by atoms with Crippen LogP contribution in [0.4, 0.5) is 16.6 Å². The topological polar surface area (TPSA) is 84.1 Å². The van der Waals surface area contributed by atoms with Gasteiger partial charge in [0.15, 0.2) is 5.13 Å². The van der Waals surface area contributed by atoms with E-state index in [0.29, 0.717) is 21.4 Å². The molecule has 2 aromatic heterocycles. The Morgan fingerprint density at radius 3 is 2.67 bits per heavy atom. The Morgan fingerprint density at radius 2 is 1.95 bits per heavy atom. The van der Waals surface area contributed by atoms with Gasteiger partial charge in [-0.2, -0.15) is 0 Å². The predicted molar refractivity (Wildman–Crippen MR) is 84.5 cm³/mol. The number of nitrogen functional groups attached to an aromatic ring is 1. The van der Waals surface area contributed by atoms with E-state index in [0.717, 1.165) is 5.69 Å². The van der Waals surface area contributed by atoms with E-state index in [1.54, 1.807) is 24.5 Å². The van der Waals surface area contributed by atoms with Crippen LogP contribution in [0, 0.1) is 0 Å². The molecule has 3 aromatic rings. The van der Waals surface area contributed by atoms with Gasteiger partial charge in [-0.15, -0.1) is 0 Å². The number of benzene rings is 1. The second-order valence-corrected chi connectivity index (χ2v) is 5.48. The number of hydrogen-bond donors (Lipinski definition) is 3. The Bertz CT molecular complexity index is 715. The van der Waals surface area contributed by atoms with Crippen molar-refractivity contribution in [2.45, 2.75) is 6.10 Å². The first-order valence-corrected chi connectivity index (χ1v) is 7.22. The molecule has 0 amide bonds. The molecule has 0 aliphatic rings. The second kappa shape index (κ2) is 5.90. The molecule has 0 fully saturated rings. The Morgan fingerprint density at radius 1 is 1.14 bits per heavy atom. The maximum absolute atomic E-state index is 10.4. The van der Waals surface area contributed by atoms with Crippen molar-refractivity contribution in [2.75, 3.05) is 11.1 Å². The number of rotatable bonds is 4. The zero-order chi connectivity index (χ0) is 14.7. The lowest BCUT2D eigenvalue weighted by Gasteiger charge is -2.08. The number of pyridine rings is 1. The highest BCUT2D eigenvalue weighted by Crippen LogP contribution is 2.35. The Kier molecular flexibility index (Phi) is 3.81. The molecule has 0 spiro atoms. The molecular weight excluding hydrogens is 284 g/mol. The van der Waals surface area contributed by atoms with Crippen LogP contribution in [0.15, 0.2) is 54.9 Å². The highest BCUT2D eigenvalue weighted by molar-refractivity contribution is 7.16. The first kappa shape index (κ1) is 13.5. The molecule has 0 saturated carbocycles. The van der Waals surface area contributed by atoms with Crippen LogP contribution in [0.3, 0.4) is 0 Å². The fourth-order valence-electron chi connectivity index (χ4n) is 1.93. The summed E-state index contributed by atoms with van der Waals surface area (Å²) in [5.41, 5.74) is 7.53. The fourth-order valence-corrected chi connectivity index (χ4v) is 2.85. The molecule has 4 N–H and O–H groups in total. The average molecular weight is 298 g/mol. The monoisotopic (exact) mass is 298 g/mol. The maximum Gasteiger partial charge on any atom is 0.189 e. The van der Waals surface area contributed by atoms with E-state index >= 15 is 0 Å². The van der Waals surface area contributed by atoms with Gasteiger partial charge in [-0.05, 0) is 18.2 Å². The van der Waals surface area contributed by atoms with Crippen LogP contribution in [0.1, 0.15) is 16.5 Å². The lowest BCUT2D eigenvalue weighted by Crippen LogP contribution is -2.01. The van der Waals surface area contributed by atoms with Gasteiger partial charge in [0.25, 0.3) is 0 Å². The van der Waals surface area contributed by atoms with Crippen LogP contribution in [0.5, 0.6) is 0 Å². The van der Waals surface area contributed by atoms with Gasteiger partial charge in [0.2, 0.25) is 0 Å². The summed E-state index contributed by atoms with van der Waals surface area (Å²) >= 11 is 1.33. The third kappa shape index (κ3) is 3.01. The molecule has 0 aliphatic carbocycles. The largest absolute Gasteiger partial charge is 0.383 e. The van der Waals surface area contributed by atoms with Crippen molar-refractivity contribution >= 4 is 28.0 Å². The smallest absolute Gasteiger partial charge is 0.189 e. The number of anilines is 3. The minimum atomic E-state index is -0.817. The van der Waals surface area contributed by atoms with Crippen LogP contribution in [0.25, 0.3) is 0 Å². The van der Waals surface area contributed by atoms with Gasteiger partial charge >= 0.3 is 0 Å². The summed E-state index contributed by atoms with van der Waals surface area (Å²) in [5.74, 6) is 0.329. The van der Waals surface area contributed by atoms with Crippen LogP contribution in [-0.4, -0.2) is 15.1 Å². The first-order chi connectivity index (χ1) is 10.2. The number of nitrogens with one attached hydrogen (secondary N) is 1. The van der Waals surface area contributed by atoms with Gasteiger partial charge < -0.3 is 16.2 Å². The highest BCUT2D eigenvalue weighted by Gasteiger charge is 2.18. The summed E-state index contributed by atoms with van der Waals surface area (Å²) < 4.78 is 0. The molecule has 0 saturated heterocycles. The van der Waals surface area contributed by atoms with Gasteiger partial charge in [-0.3, -0.25) is 4.98 Å². The number of hydrogen-bond acceptors (Lipinski definition) is 6. The minimum Gasteiger partial charge on any atom is -0.383 e. The SMILES string of the molecule is Nc1nc(Nc2ccccc2)sc1C(O)c1cccnc1. The standard InChI is InChI=1S/C15H14N4OS/c16-14-13(12(20)10-5-4-8-17-9-10)21-15(19-14)18-11-6-2-1-3-7-11/h1-9,12,20H,16H2,(H,18,19). The molecule has 5 nitrogen and oxygen atoms in total. The Labute approximate surface area is 126 Å². The Hall–Kier alpha value is -2.44. The van der Waals surface area contributed by atoms with Crippen molar-refractivity contribution in [3.63, 3.8) is 0 Å². The normalized spacial score (nSPS) is 12.0. The van der Waals surface area contributed by atoms with Crippen molar-refractivity contribution in [3.8, 4) is 0 Å². The van der Waals surface area contributed by atoms with E-state index in [-0.39, 0.29) is 0 Å². The second-order valence-electron chi connectivity index (χ2n) is 4.45. The molecule has 1 atom stereocenters. The van der Waals surface area contributed by atoms with E-state index < -0.39 is 6.10 Å². The number of aromatic nitrogens is 2. The molecule has 6 heteroatoms. The van der Waals surface area contributed by atoms with E-state index in [1.165, 1.54) is 11.3 Å².